The molecule has 1 aliphatic carbocycles. The molecule has 1 amide bonds. The molecule has 1 saturated heterocycles. The molecule has 1 aromatic rings. The Kier molecular flexibility index (Phi) is 3.61. The highest BCUT2D eigenvalue weighted by molar-refractivity contribution is 5.92. The Morgan fingerprint density at radius 2 is 1.96 bits per heavy atom. The van der Waals surface area contributed by atoms with Crippen molar-refractivity contribution in [2.75, 3.05) is 13.1 Å². The number of hydrogen-bond donors (Lipinski definition) is 1. The van der Waals surface area contributed by atoms with Crippen molar-refractivity contribution in [3.63, 3.8) is 0 Å². The van der Waals surface area contributed by atoms with Crippen LogP contribution in [0.4, 0.5) is 13.2 Å². The first-order chi connectivity index (χ1) is 10.7. The first-order valence-electron chi connectivity index (χ1n) is 7.44. The van der Waals surface area contributed by atoms with E-state index in [2.05, 4.69) is 0 Å². The van der Waals surface area contributed by atoms with E-state index in [0.29, 0.717) is 31.4 Å². The van der Waals surface area contributed by atoms with Crippen LogP contribution < -0.4 is 0 Å². The van der Waals surface area contributed by atoms with E-state index in [1.54, 1.807) is 6.07 Å². The second-order valence-corrected chi connectivity index (χ2v) is 6.24. The number of carbonyl (C=O) groups excluding carboxylic acids is 1. The summed E-state index contributed by atoms with van der Waals surface area (Å²) in [5.41, 5.74) is -1.30. The van der Waals surface area contributed by atoms with Gasteiger partial charge in [0, 0.05) is 13.1 Å². The van der Waals surface area contributed by atoms with E-state index in [9.17, 15) is 22.8 Å². The number of carbonyl (C=O) groups is 2. The maximum atomic E-state index is 12.9. The zero-order chi connectivity index (χ0) is 16.8. The van der Waals surface area contributed by atoms with Crippen molar-refractivity contribution >= 4 is 11.9 Å². The maximum Gasteiger partial charge on any atom is 0.416 e. The van der Waals surface area contributed by atoms with E-state index in [-0.39, 0.29) is 12.5 Å². The van der Waals surface area contributed by atoms with Gasteiger partial charge in [-0.3, -0.25) is 9.59 Å². The molecular formula is C16H16F3NO3. The van der Waals surface area contributed by atoms with Crippen LogP contribution in [0.25, 0.3) is 0 Å². The van der Waals surface area contributed by atoms with E-state index in [1.165, 1.54) is 11.0 Å². The molecule has 0 radical (unpaired) electrons. The number of likely N-dealkylation sites (tertiary alicyclic amines) is 1. The fourth-order valence-corrected chi connectivity index (χ4v) is 3.19. The number of halogens is 3. The number of benzene rings is 1. The molecule has 1 N–H and O–H groups in total. The average Bonchev–Trinajstić information content (AvgIpc) is 3.15. The molecule has 23 heavy (non-hydrogen) atoms. The molecule has 2 fully saturated rings. The Balaban J connectivity index is 1.83. The molecule has 3 rings (SSSR count). The summed E-state index contributed by atoms with van der Waals surface area (Å²) in [7, 11) is 0. The van der Waals surface area contributed by atoms with Crippen molar-refractivity contribution in [3.8, 4) is 0 Å². The summed E-state index contributed by atoms with van der Waals surface area (Å²) in [5.74, 6) is -1.78. The molecule has 1 heterocycles. The number of nitrogens with zero attached hydrogens (tertiary/aromatic N) is 1. The third kappa shape index (κ3) is 2.80. The predicted octanol–water partition coefficient (Wildman–Crippen LogP) is 2.67. The van der Waals surface area contributed by atoms with Gasteiger partial charge in [0.05, 0.1) is 16.9 Å². The molecule has 1 aromatic carbocycles. The molecule has 0 aromatic heterocycles. The molecule has 2 aliphatic rings. The summed E-state index contributed by atoms with van der Waals surface area (Å²) < 4.78 is 38.6. The number of hydrogen-bond acceptors (Lipinski definition) is 2. The Morgan fingerprint density at radius 1 is 1.26 bits per heavy atom. The number of rotatable bonds is 3. The molecule has 0 bridgehead atoms. The summed E-state index contributed by atoms with van der Waals surface area (Å²) in [6.45, 7) is 0.478. The molecule has 0 spiro atoms. The first kappa shape index (κ1) is 15.8. The van der Waals surface area contributed by atoms with Gasteiger partial charge >= 0.3 is 12.1 Å². The predicted molar refractivity (Wildman–Crippen MR) is 74.7 cm³/mol. The standard InChI is InChI=1S/C16H16F3NO3/c17-16(18,19)12-3-1-2-11(8-12)15(5-6-15)14(23)20-7-4-10(9-20)13(21)22/h1-3,8,10H,4-7,9H2,(H,21,22)/t10-/m1/s1. The zero-order valence-electron chi connectivity index (χ0n) is 12.3. The normalized spacial score (nSPS) is 22.9. The molecule has 1 saturated carbocycles. The lowest BCUT2D eigenvalue weighted by molar-refractivity contribution is -0.142. The highest BCUT2D eigenvalue weighted by Gasteiger charge is 2.54. The number of amides is 1. The minimum atomic E-state index is -4.45. The van der Waals surface area contributed by atoms with Gasteiger partial charge in [0.25, 0.3) is 0 Å². The monoisotopic (exact) mass is 327 g/mol. The van der Waals surface area contributed by atoms with E-state index < -0.39 is 29.0 Å². The van der Waals surface area contributed by atoms with Gasteiger partial charge < -0.3 is 10.0 Å². The van der Waals surface area contributed by atoms with Gasteiger partial charge in [0.15, 0.2) is 0 Å². The minimum Gasteiger partial charge on any atom is -0.481 e. The lowest BCUT2D eigenvalue weighted by Crippen LogP contribution is -2.38. The van der Waals surface area contributed by atoms with E-state index >= 15 is 0 Å². The van der Waals surface area contributed by atoms with Crippen molar-refractivity contribution in [2.24, 2.45) is 5.92 Å². The Morgan fingerprint density at radius 3 is 2.48 bits per heavy atom. The van der Waals surface area contributed by atoms with Crippen LogP contribution in [0.5, 0.6) is 0 Å². The van der Waals surface area contributed by atoms with Crippen LogP contribution in [0.2, 0.25) is 0 Å². The molecule has 4 nitrogen and oxygen atoms in total. The van der Waals surface area contributed by atoms with Gasteiger partial charge in [-0.1, -0.05) is 18.2 Å². The molecule has 7 heteroatoms. The smallest absolute Gasteiger partial charge is 0.416 e. The van der Waals surface area contributed by atoms with Crippen LogP contribution in [-0.2, 0) is 21.2 Å². The minimum absolute atomic E-state index is 0.134. The van der Waals surface area contributed by atoms with Gasteiger partial charge in [-0.05, 0) is 30.9 Å². The molecular weight excluding hydrogens is 311 g/mol. The van der Waals surface area contributed by atoms with Crippen molar-refractivity contribution in [3.05, 3.63) is 35.4 Å². The lowest BCUT2D eigenvalue weighted by atomic mass is 9.92. The SMILES string of the molecule is O=C(O)[C@@H]1CCN(C(=O)C2(c3cccc(C(F)(F)F)c3)CC2)C1. The second kappa shape index (κ2) is 5.25. The Labute approximate surface area is 130 Å². The van der Waals surface area contributed by atoms with Gasteiger partial charge in [0.1, 0.15) is 0 Å². The van der Waals surface area contributed by atoms with Gasteiger partial charge in [-0.15, -0.1) is 0 Å². The average molecular weight is 327 g/mol. The molecule has 124 valence electrons. The van der Waals surface area contributed by atoms with Gasteiger partial charge in [-0.2, -0.15) is 13.2 Å². The fourth-order valence-electron chi connectivity index (χ4n) is 3.19. The third-order valence-corrected chi connectivity index (χ3v) is 4.73. The Bertz CT molecular complexity index is 652. The van der Waals surface area contributed by atoms with Gasteiger partial charge in [-0.25, -0.2) is 0 Å². The molecule has 1 aliphatic heterocycles. The van der Waals surface area contributed by atoms with E-state index in [4.69, 9.17) is 5.11 Å². The van der Waals surface area contributed by atoms with E-state index in [1.807, 2.05) is 0 Å². The highest BCUT2D eigenvalue weighted by atomic mass is 19.4. The summed E-state index contributed by atoms with van der Waals surface area (Å²) in [4.78, 5) is 25.2. The number of alkyl halides is 3. The number of aliphatic carboxylic acids is 1. The topological polar surface area (TPSA) is 57.6 Å². The van der Waals surface area contributed by atoms with Crippen molar-refractivity contribution < 1.29 is 27.9 Å². The van der Waals surface area contributed by atoms with Gasteiger partial charge in [0.2, 0.25) is 5.91 Å². The van der Waals surface area contributed by atoms with Crippen LogP contribution in [-0.4, -0.2) is 35.0 Å². The quantitative estimate of drug-likeness (QED) is 0.928. The summed E-state index contributed by atoms with van der Waals surface area (Å²) >= 11 is 0. The highest BCUT2D eigenvalue weighted by Crippen LogP contribution is 2.51. The van der Waals surface area contributed by atoms with E-state index in [0.717, 1.165) is 12.1 Å². The number of carboxylic acid groups (broad SMARTS) is 1. The first-order valence-corrected chi connectivity index (χ1v) is 7.44. The summed E-state index contributed by atoms with van der Waals surface area (Å²) in [5, 5.41) is 9.01. The summed E-state index contributed by atoms with van der Waals surface area (Å²) in [6, 6.07) is 4.89. The number of carboxylic acids is 1. The van der Waals surface area contributed by atoms with Crippen LogP contribution in [0.1, 0.15) is 30.4 Å². The zero-order valence-corrected chi connectivity index (χ0v) is 12.3. The second-order valence-electron chi connectivity index (χ2n) is 6.24. The van der Waals surface area contributed by atoms with Crippen LogP contribution >= 0.6 is 0 Å². The van der Waals surface area contributed by atoms with Crippen molar-refractivity contribution in [2.45, 2.75) is 30.9 Å². The summed E-state index contributed by atoms with van der Waals surface area (Å²) in [6.07, 6.45) is -3.06. The van der Waals surface area contributed by atoms with Crippen molar-refractivity contribution in [1.29, 1.82) is 0 Å². The van der Waals surface area contributed by atoms with Crippen LogP contribution in [0.3, 0.4) is 0 Å². The van der Waals surface area contributed by atoms with Crippen LogP contribution in [0.15, 0.2) is 24.3 Å². The Hall–Kier alpha value is -2.05. The van der Waals surface area contributed by atoms with Crippen LogP contribution in [0, 0.1) is 5.92 Å². The lowest BCUT2D eigenvalue weighted by Gasteiger charge is -2.24. The maximum absolute atomic E-state index is 12.9. The molecule has 1 atom stereocenters. The third-order valence-electron chi connectivity index (χ3n) is 4.73. The van der Waals surface area contributed by atoms with Crippen molar-refractivity contribution in [1.82, 2.24) is 4.90 Å². The fraction of sp³-hybridized carbons (Fsp3) is 0.500. The largest absolute Gasteiger partial charge is 0.481 e. The molecule has 0 unspecified atom stereocenters.